The van der Waals surface area contributed by atoms with Gasteiger partial charge in [0.2, 0.25) is 5.95 Å². The van der Waals surface area contributed by atoms with Crippen molar-refractivity contribution >= 4 is 23.1 Å². The van der Waals surface area contributed by atoms with Crippen LogP contribution in [-0.4, -0.2) is 28.3 Å². The summed E-state index contributed by atoms with van der Waals surface area (Å²) in [6.07, 6.45) is 7.34. The zero-order valence-corrected chi connectivity index (χ0v) is 14.4. The molecule has 0 spiro atoms. The van der Waals surface area contributed by atoms with E-state index in [1.54, 1.807) is 31.4 Å². The van der Waals surface area contributed by atoms with Gasteiger partial charge in [0.1, 0.15) is 5.75 Å². The first-order valence-electron chi connectivity index (χ1n) is 8.26. The number of ether oxygens (including phenoxy) is 1. The number of hydrazine groups is 1. The molecule has 25 heavy (non-hydrogen) atoms. The van der Waals surface area contributed by atoms with Gasteiger partial charge in [-0.05, 0) is 37.1 Å². The minimum atomic E-state index is 0.0359. The number of rotatable bonds is 3. The van der Waals surface area contributed by atoms with E-state index in [-0.39, 0.29) is 12.1 Å². The summed E-state index contributed by atoms with van der Waals surface area (Å²) in [6, 6.07) is 7.15. The fourth-order valence-electron chi connectivity index (χ4n) is 2.53. The predicted molar refractivity (Wildman–Crippen MR) is 99.3 cm³/mol. The third-order valence-electron chi connectivity index (χ3n) is 3.97. The highest BCUT2D eigenvalue weighted by Gasteiger charge is 2.11. The van der Waals surface area contributed by atoms with E-state index in [4.69, 9.17) is 27.2 Å². The number of anilines is 4. The van der Waals surface area contributed by atoms with Crippen molar-refractivity contribution in [3.05, 3.63) is 30.5 Å². The Morgan fingerprint density at radius 2 is 1.76 bits per heavy atom. The lowest BCUT2D eigenvalue weighted by molar-refractivity contribution is 0.130. The second-order valence-electron chi connectivity index (χ2n) is 5.87. The molecule has 1 fully saturated rings. The Morgan fingerprint density at radius 3 is 2.28 bits per heavy atom. The zero-order chi connectivity index (χ0) is 18.2. The molecule has 0 radical (unpaired) electrons. The number of hydrogen-bond donors (Lipinski definition) is 4. The van der Waals surface area contributed by atoms with Crippen LogP contribution in [-0.2, 0) is 0 Å². The first kappa shape index (κ1) is 18.8. The molecule has 1 aromatic carbocycles. The van der Waals surface area contributed by atoms with E-state index < -0.39 is 0 Å². The molecule has 1 aliphatic carbocycles. The van der Waals surface area contributed by atoms with Crippen LogP contribution < -0.4 is 27.1 Å². The minimum absolute atomic E-state index is 0.0359. The molecule has 8 nitrogen and oxygen atoms in total. The van der Waals surface area contributed by atoms with Crippen LogP contribution >= 0.6 is 0 Å². The highest BCUT2D eigenvalue weighted by atomic mass is 16.5. The van der Waals surface area contributed by atoms with Crippen LogP contribution in [0.15, 0.2) is 30.5 Å². The largest absolute Gasteiger partial charge is 0.497 e. The quantitative estimate of drug-likeness (QED) is 0.489. The van der Waals surface area contributed by atoms with Gasteiger partial charge in [-0.15, -0.1) is 0 Å². The van der Waals surface area contributed by atoms with Gasteiger partial charge in [0.05, 0.1) is 30.8 Å². The lowest BCUT2D eigenvalue weighted by atomic mass is 9.98. The van der Waals surface area contributed by atoms with Crippen molar-refractivity contribution in [1.82, 2.24) is 9.97 Å². The standard InChI is InChI=1S/C11H14N6O.C6H12O/c1-18-8-4-2-7(3-5-8)17(14)10-9(12)6-15-11(13)16-10;7-6-4-2-1-3-5-6/h2-6H,12,14H2,1H3,(H2,13,15,16);6-7H,1-5H2. The summed E-state index contributed by atoms with van der Waals surface area (Å²) in [6.45, 7) is 0. The summed E-state index contributed by atoms with van der Waals surface area (Å²) in [5.74, 6) is 7.15. The summed E-state index contributed by atoms with van der Waals surface area (Å²) in [4.78, 5) is 7.79. The van der Waals surface area contributed by atoms with Crippen molar-refractivity contribution in [2.45, 2.75) is 38.2 Å². The number of nitrogens with zero attached hydrogens (tertiary/aromatic N) is 3. The third kappa shape index (κ3) is 5.47. The Kier molecular flexibility index (Phi) is 6.79. The Bertz CT molecular complexity index is 659. The molecule has 3 rings (SSSR count). The number of aliphatic hydroxyl groups is 1. The Balaban J connectivity index is 0.000000269. The van der Waals surface area contributed by atoms with E-state index in [9.17, 15) is 0 Å². The number of hydrogen-bond acceptors (Lipinski definition) is 8. The molecule has 0 aliphatic heterocycles. The molecule has 1 aliphatic rings. The highest BCUT2D eigenvalue weighted by Crippen LogP contribution is 2.26. The number of nitrogens with two attached hydrogens (primary N) is 3. The number of aliphatic hydroxyl groups excluding tert-OH is 1. The third-order valence-corrected chi connectivity index (χ3v) is 3.97. The van der Waals surface area contributed by atoms with Crippen molar-refractivity contribution in [1.29, 1.82) is 0 Å². The molecule has 0 saturated heterocycles. The molecule has 0 atom stereocenters. The summed E-state index contributed by atoms with van der Waals surface area (Å²) in [5.41, 5.74) is 12.3. The number of methoxy groups -OCH3 is 1. The number of benzene rings is 1. The molecule has 0 bridgehead atoms. The van der Waals surface area contributed by atoms with Gasteiger partial charge >= 0.3 is 0 Å². The van der Waals surface area contributed by atoms with Crippen molar-refractivity contribution in [3.63, 3.8) is 0 Å². The SMILES string of the molecule is COc1ccc(N(N)c2nc(N)ncc2N)cc1.OC1CCCCC1. The second-order valence-corrected chi connectivity index (χ2v) is 5.87. The first-order valence-corrected chi connectivity index (χ1v) is 8.26. The van der Waals surface area contributed by atoms with Crippen LogP contribution in [0.2, 0.25) is 0 Å². The van der Waals surface area contributed by atoms with Crippen LogP contribution in [0.3, 0.4) is 0 Å². The molecule has 0 unspecified atom stereocenters. The van der Waals surface area contributed by atoms with Crippen LogP contribution in [0.5, 0.6) is 5.75 Å². The Hall–Kier alpha value is -2.58. The van der Waals surface area contributed by atoms with Crippen molar-refractivity contribution < 1.29 is 9.84 Å². The van der Waals surface area contributed by atoms with E-state index >= 15 is 0 Å². The molecule has 1 saturated carbocycles. The fraction of sp³-hybridized carbons (Fsp3) is 0.412. The predicted octanol–water partition coefficient (Wildman–Crippen LogP) is 1.97. The van der Waals surface area contributed by atoms with E-state index in [1.807, 2.05) is 0 Å². The average Bonchev–Trinajstić information content (AvgIpc) is 2.64. The molecule has 0 amide bonds. The fourth-order valence-corrected chi connectivity index (χ4v) is 2.53. The topological polar surface area (TPSA) is 137 Å². The van der Waals surface area contributed by atoms with Gasteiger partial charge in [0.25, 0.3) is 0 Å². The van der Waals surface area contributed by atoms with Crippen LogP contribution in [0.1, 0.15) is 32.1 Å². The van der Waals surface area contributed by atoms with Crippen molar-refractivity contribution in [3.8, 4) is 5.75 Å². The Morgan fingerprint density at radius 1 is 1.12 bits per heavy atom. The number of aromatic nitrogens is 2. The van der Waals surface area contributed by atoms with E-state index in [0.29, 0.717) is 17.2 Å². The maximum absolute atomic E-state index is 8.91. The maximum atomic E-state index is 8.91. The van der Waals surface area contributed by atoms with Gasteiger partial charge in [0.15, 0.2) is 5.82 Å². The zero-order valence-electron chi connectivity index (χ0n) is 14.4. The van der Waals surface area contributed by atoms with Crippen LogP contribution in [0.25, 0.3) is 0 Å². The van der Waals surface area contributed by atoms with Gasteiger partial charge < -0.3 is 21.3 Å². The summed E-state index contributed by atoms with van der Waals surface area (Å²) in [7, 11) is 1.60. The molecule has 2 aromatic rings. The van der Waals surface area contributed by atoms with E-state index in [2.05, 4.69) is 9.97 Å². The van der Waals surface area contributed by atoms with Gasteiger partial charge in [-0.3, -0.25) is 5.01 Å². The highest BCUT2D eigenvalue weighted by molar-refractivity contribution is 5.70. The lowest BCUT2D eigenvalue weighted by Gasteiger charge is -2.19. The van der Waals surface area contributed by atoms with E-state index in [0.717, 1.165) is 18.6 Å². The monoisotopic (exact) mass is 346 g/mol. The molecular weight excluding hydrogens is 320 g/mol. The summed E-state index contributed by atoms with van der Waals surface area (Å²) < 4.78 is 5.07. The molecule has 136 valence electrons. The normalized spacial score (nSPS) is 14.4. The van der Waals surface area contributed by atoms with Gasteiger partial charge in [0, 0.05) is 0 Å². The van der Waals surface area contributed by atoms with Gasteiger partial charge in [-0.25, -0.2) is 10.8 Å². The Labute approximate surface area is 147 Å². The van der Waals surface area contributed by atoms with Crippen molar-refractivity contribution in [2.75, 3.05) is 23.6 Å². The van der Waals surface area contributed by atoms with Gasteiger partial charge in [-0.1, -0.05) is 19.3 Å². The van der Waals surface area contributed by atoms with Gasteiger partial charge in [-0.2, -0.15) is 4.98 Å². The average molecular weight is 346 g/mol. The lowest BCUT2D eigenvalue weighted by Crippen LogP contribution is -2.27. The van der Waals surface area contributed by atoms with Crippen LogP contribution in [0, 0.1) is 0 Å². The summed E-state index contributed by atoms with van der Waals surface area (Å²) >= 11 is 0. The molecule has 7 N–H and O–H groups in total. The smallest absolute Gasteiger partial charge is 0.222 e. The maximum Gasteiger partial charge on any atom is 0.222 e. The first-order chi connectivity index (χ1) is 12.0. The summed E-state index contributed by atoms with van der Waals surface area (Å²) in [5, 5.41) is 10.2. The molecule has 1 heterocycles. The number of nitrogen functional groups attached to an aromatic ring is 2. The van der Waals surface area contributed by atoms with Crippen molar-refractivity contribution in [2.24, 2.45) is 5.84 Å². The van der Waals surface area contributed by atoms with Crippen LogP contribution in [0.4, 0.5) is 23.1 Å². The molecule has 1 aromatic heterocycles. The molecule has 8 heteroatoms. The minimum Gasteiger partial charge on any atom is -0.497 e. The second kappa shape index (κ2) is 9.05. The van der Waals surface area contributed by atoms with E-state index in [1.165, 1.54) is 30.5 Å². The molecular formula is C17H26N6O2.